The van der Waals surface area contributed by atoms with Gasteiger partial charge in [0.1, 0.15) is 11.3 Å². The topological polar surface area (TPSA) is 76.0 Å². The number of hydrogen-bond acceptors (Lipinski definition) is 5. The van der Waals surface area contributed by atoms with E-state index in [4.69, 9.17) is 9.47 Å². The molecule has 0 radical (unpaired) electrons. The molecule has 0 unspecified atom stereocenters. The fraction of sp³-hybridized carbons (Fsp3) is 0.739. The highest BCUT2D eigenvalue weighted by Crippen LogP contribution is 2.25. The number of carbonyl (C=O) groups excluding carboxylic acids is 2. The second-order valence-electron chi connectivity index (χ2n) is 9.42. The van der Waals surface area contributed by atoms with Crippen LogP contribution < -0.4 is 5.32 Å². The zero-order chi connectivity index (χ0) is 22.3. The summed E-state index contributed by atoms with van der Waals surface area (Å²) in [6, 6.07) is 4.02. The molecule has 8 nitrogen and oxygen atoms in total. The van der Waals surface area contributed by atoms with Crippen molar-refractivity contribution in [2.24, 2.45) is 0 Å². The van der Waals surface area contributed by atoms with Gasteiger partial charge in [-0.15, -0.1) is 0 Å². The predicted molar refractivity (Wildman–Crippen MR) is 119 cm³/mol. The molecule has 0 saturated carbocycles. The third-order valence-electron chi connectivity index (χ3n) is 5.81. The minimum atomic E-state index is -0.484. The van der Waals surface area contributed by atoms with Gasteiger partial charge < -0.3 is 24.3 Å². The molecule has 0 bridgehead atoms. The van der Waals surface area contributed by atoms with Gasteiger partial charge in [-0.2, -0.15) is 0 Å². The lowest BCUT2D eigenvalue weighted by Crippen LogP contribution is -2.42. The van der Waals surface area contributed by atoms with Gasteiger partial charge >= 0.3 is 6.09 Å². The minimum Gasteiger partial charge on any atom is -0.444 e. The highest BCUT2D eigenvalue weighted by molar-refractivity contribution is 5.92. The minimum absolute atomic E-state index is 0.0223. The Hall–Kier alpha value is -2.06. The van der Waals surface area contributed by atoms with E-state index in [0.717, 1.165) is 58.5 Å². The Morgan fingerprint density at radius 3 is 2.52 bits per heavy atom. The van der Waals surface area contributed by atoms with Gasteiger partial charge in [-0.05, 0) is 65.1 Å². The largest absolute Gasteiger partial charge is 0.444 e. The zero-order valence-corrected chi connectivity index (χ0v) is 19.3. The first-order valence-corrected chi connectivity index (χ1v) is 11.6. The monoisotopic (exact) mass is 434 g/mol. The van der Waals surface area contributed by atoms with E-state index in [-0.39, 0.29) is 18.0 Å². The first-order chi connectivity index (χ1) is 14.8. The van der Waals surface area contributed by atoms with Crippen molar-refractivity contribution in [1.29, 1.82) is 0 Å². The molecular weight excluding hydrogens is 396 g/mol. The maximum absolute atomic E-state index is 12.7. The van der Waals surface area contributed by atoms with Crippen molar-refractivity contribution >= 4 is 12.0 Å². The van der Waals surface area contributed by atoms with Crippen molar-refractivity contribution in [3.8, 4) is 0 Å². The van der Waals surface area contributed by atoms with Crippen LogP contribution in [0.1, 0.15) is 63.0 Å². The van der Waals surface area contributed by atoms with Crippen LogP contribution in [0.3, 0.4) is 0 Å². The van der Waals surface area contributed by atoms with Gasteiger partial charge in [0.05, 0.1) is 13.2 Å². The fourth-order valence-electron chi connectivity index (χ4n) is 4.14. The van der Waals surface area contributed by atoms with Gasteiger partial charge in [-0.3, -0.25) is 9.69 Å². The smallest absolute Gasteiger partial charge is 0.410 e. The molecule has 0 atom stereocenters. The number of carbonyl (C=O) groups is 2. The Morgan fingerprint density at radius 2 is 1.84 bits per heavy atom. The maximum atomic E-state index is 12.7. The fourth-order valence-corrected chi connectivity index (χ4v) is 4.14. The van der Waals surface area contributed by atoms with Crippen LogP contribution in [0.4, 0.5) is 4.79 Å². The van der Waals surface area contributed by atoms with Crippen LogP contribution in [-0.4, -0.2) is 84.5 Å². The van der Waals surface area contributed by atoms with E-state index >= 15 is 0 Å². The van der Waals surface area contributed by atoms with Gasteiger partial charge in [0, 0.05) is 45.0 Å². The van der Waals surface area contributed by atoms with Crippen LogP contribution in [0.25, 0.3) is 0 Å². The summed E-state index contributed by atoms with van der Waals surface area (Å²) in [5, 5.41) is 3.07. The van der Waals surface area contributed by atoms with Gasteiger partial charge in [0.25, 0.3) is 5.91 Å². The highest BCUT2D eigenvalue weighted by Gasteiger charge is 2.28. The lowest BCUT2D eigenvalue weighted by Gasteiger charge is -2.34. The summed E-state index contributed by atoms with van der Waals surface area (Å²) in [5.74, 6) is -0.0223. The van der Waals surface area contributed by atoms with Gasteiger partial charge in [-0.25, -0.2) is 4.79 Å². The lowest BCUT2D eigenvalue weighted by atomic mass is 10.0. The Morgan fingerprint density at radius 1 is 1.13 bits per heavy atom. The summed E-state index contributed by atoms with van der Waals surface area (Å²) in [7, 11) is 0. The number of nitrogens with one attached hydrogen (secondary N) is 1. The Labute approximate surface area is 185 Å². The molecule has 2 aliphatic rings. The van der Waals surface area contributed by atoms with Crippen molar-refractivity contribution in [3.05, 3.63) is 24.0 Å². The molecule has 31 heavy (non-hydrogen) atoms. The number of hydrogen-bond donors (Lipinski definition) is 1. The normalized spacial score (nSPS) is 18.7. The van der Waals surface area contributed by atoms with E-state index in [1.807, 2.05) is 39.1 Å². The van der Waals surface area contributed by atoms with Gasteiger partial charge in [0.15, 0.2) is 0 Å². The standard InChI is InChI=1S/C23H38N4O4/c1-23(2,3)31-22(29)26-13-8-19(9-14-26)27-12-6-7-20(27)21(28)24-10-4-5-11-25-15-17-30-18-16-25/h6-7,12,19H,4-5,8-11,13-18H2,1-3H3,(H,24,28). The number of morpholine rings is 1. The highest BCUT2D eigenvalue weighted by atomic mass is 16.6. The van der Waals surface area contributed by atoms with Crippen LogP contribution >= 0.6 is 0 Å². The summed E-state index contributed by atoms with van der Waals surface area (Å²) in [6.07, 6.45) is 5.39. The Bertz CT molecular complexity index is 713. The molecule has 2 fully saturated rings. The van der Waals surface area contributed by atoms with Crippen LogP contribution in [0.2, 0.25) is 0 Å². The van der Waals surface area contributed by atoms with Crippen LogP contribution in [0, 0.1) is 0 Å². The number of aromatic nitrogens is 1. The molecule has 3 heterocycles. The molecule has 1 aromatic rings. The van der Waals surface area contributed by atoms with Gasteiger partial charge in [0.2, 0.25) is 0 Å². The molecule has 1 N–H and O–H groups in total. The lowest BCUT2D eigenvalue weighted by molar-refractivity contribution is 0.0187. The van der Waals surface area contributed by atoms with Crippen LogP contribution in [-0.2, 0) is 9.47 Å². The van der Waals surface area contributed by atoms with Crippen LogP contribution in [0.15, 0.2) is 18.3 Å². The summed E-state index contributed by atoms with van der Waals surface area (Å²) in [5.41, 5.74) is 0.214. The maximum Gasteiger partial charge on any atom is 0.410 e. The molecule has 2 aliphatic heterocycles. The van der Waals surface area contributed by atoms with E-state index in [1.54, 1.807) is 4.90 Å². The second-order valence-corrected chi connectivity index (χ2v) is 9.42. The summed E-state index contributed by atoms with van der Waals surface area (Å²) in [4.78, 5) is 29.2. The van der Waals surface area contributed by atoms with Crippen molar-refractivity contribution in [1.82, 2.24) is 19.7 Å². The van der Waals surface area contributed by atoms with E-state index in [0.29, 0.717) is 25.3 Å². The average Bonchev–Trinajstić information content (AvgIpc) is 3.23. The first-order valence-electron chi connectivity index (χ1n) is 11.6. The summed E-state index contributed by atoms with van der Waals surface area (Å²) in [6.45, 7) is 12.3. The molecule has 8 heteroatoms. The number of nitrogens with zero attached hydrogens (tertiary/aromatic N) is 3. The van der Waals surface area contributed by atoms with E-state index in [2.05, 4.69) is 14.8 Å². The molecule has 2 saturated heterocycles. The zero-order valence-electron chi connectivity index (χ0n) is 19.3. The molecule has 0 spiro atoms. The Kier molecular flexibility index (Phi) is 8.37. The van der Waals surface area contributed by atoms with Crippen molar-refractivity contribution in [2.45, 2.75) is 58.1 Å². The van der Waals surface area contributed by atoms with E-state index in [1.165, 1.54) is 0 Å². The average molecular weight is 435 g/mol. The van der Waals surface area contributed by atoms with Crippen molar-refractivity contribution in [3.63, 3.8) is 0 Å². The Balaban J connectivity index is 1.41. The van der Waals surface area contributed by atoms with Gasteiger partial charge in [-0.1, -0.05) is 0 Å². The summed E-state index contributed by atoms with van der Waals surface area (Å²) < 4.78 is 12.9. The number of amides is 2. The molecular formula is C23H38N4O4. The van der Waals surface area contributed by atoms with Crippen molar-refractivity contribution in [2.75, 3.05) is 52.5 Å². The SMILES string of the molecule is CC(C)(C)OC(=O)N1CCC(n2cccc2C(=O)NCCCCN2CCOCC2)CC1. The number of piperidine rings is 1. The number of rotatable bonds is 7. The quantitative estimate of drug-likeness (QED) is 0.668. The number of unbranched alkanes of at least 4 members (excludes halogenated alkanes) is 1. The molecule has 1 aromatic heterocycles. The van der Waals surface area contributed by atoms with Crippen molar-refractivity contribution < 1.29 is 19.1 Å². The molecule has 2 amide bonds. The summed E-state index contributed by atoms with van der Waals surface area (Å²) >= 11 is 0. The molecule has 0 aromatic carbocycles. The third kappa shape index (κ3) is 7.25. The molecule has 0 aliphatic carbocycles. The number of ether oxygens (including phenoxy) is 2. The third-order valence-corrected chi connectivity index (χ3v) is 5.81. The second kappa shape index (κ2) is 11.0. The predicted octanol–water partition coefficient (Wildman–Crippen LogP) is 2.90. The molecule has 3 rings (SSSR count). The number of likely N-dealkylation sites (tertiary alicyclic amines) is 1. The van der Waals surface area contributed by atoms with E-state index in [9.17, 15) is 9.59 Å². The first kappa shape index (κ1) is 23.6. The molecule has 174 valence electrons. The van der Waals surface area contributed by atoms with E-state index < -0.39 is 5.60 Å². The van der Waals surface area contributed by atoms with Crippen LogP contribution in [0.5, 0.6) is 0 Å².